The number of benzene rings is 2. The van der Waals surface area contributed by atoms with Crippen LogP contribution >= 0.6 is 11.8 Å². The lowest BCUT2D eigenvalue weighted by Gasteiger charge is -2.32. The van der Waals surface area contributed by atoms with Gasteiger partial charge in [-0.15, -0.1) is 0 Å². The zero-order chi connectivity index (χ0) is 12.4. The van der Waals surface area contributed by atoms with Crippen LogP contribution in [0.2, 0.25) is 0 Å². The minimum Gasteiger partial charge on any atom is -0.295 e. The van der Waals surface area contributed by atoms with Gasteiger partial charge in [0.25, 0.3) is 0 Å². The Bertz CT molecular complexity index is 526. The third-order valence-electron chi connectivity index (χ3n) is 3.80. The summed E-state index contributed by atoms with van der Waals surface area (Å²) in [5.74, 6) is 2.53. The summed E-state index contributed by atoms with van der Waals surface area (Å²) in [7, 11) is 0. The first kappa shape index (κ1) is 12.1. The van der Waals surface area contributed by atoms with Crippen molar-refractivity contribution in [1.82, 2.24) is 4.90 Å². The van der Waals surface area contributed by atoms with Gasteiger partial charge in [0.15, 0.2) is 0 Å². The summed E-state index contributed by atoms with van der Waals surface area (Å²) < 4.78 is 0. The average molecular weight is 256 g/mol. The standard InChI is InChI=1S/C16H18NS/c1-13(17-9-11-18-12-10-17)15-8-4-6-14-5-2-3-7-16(14)15/h2,4-8,13H,9-12H2,1H3. The van der Waals surface area contributed by atoms with Crippen LogP contribution in [0.15, 0.2) is 36.4 Å². The fraction of sp³-hybridized carbons (Fsp3) is 0.375. The van der Waals surface area contributed by atoms with E-state index in [9.17, 15) is 0 Å². The van der Waals surface area contributed by atoms with Crippen LogP contribution in [0.3, 0.4) is 0 Å². The van der Waals surface area contributed by atoms with Crippen LogP contribution in [0.25, 0.3) is 10.8 Å². The summed E-state index contributed by atoms with van der Waals surface area (Å²) in [4.78, 5) is 2.60. The molecule has 18 heavy (non-hydrogen) atoms. The minimum absolute atomic E-state index is 0.505. The van der Waals surface area contributed by atoms with Gasteiger partial charge in [-0.25, -0.2) is 0 Å². The third-order valence-corrected chi connectivity index (χ3v) is 4.75. The van der Waals surface area contributed by atoms with E-state index in [-0.39, 0.29) is 0 Å². The molecule has 1 aliphatic heterocycles. The van der Waals surface area contributed by atoms with Crippen LogP contribution in [0.4, 0.5) is 0 Å². The first-order valence-corrected chi connectivity index (χ1v) is 7.72. The molecule has 1 heterocycles. The van der Waals surface area contributed by atoms with Crippen molar-refractivity contribution in [2.24, 2.45) is 0 Å². The van der Waals surface area contributed by atoms with Crippen molar-refractivity contribution < 1.29 is 0 Å². The van der Waals surface area contributed by atoms with Crippen LogP contribution < -0.4 is 0 Å². The van der Waals surface area contributed by atoms with Gasteiger partial charge in [0.2, 0.25) is 0 Å². The molecule has 93 valence electrons. The topological polar surface area (TPSA) is 3.24 Å². The number of rotatable bonds is 2. The molecule has 0 spiro atoms. The molecule has 2 aromatic rings. The van der Waals surface area contributed by atoms with Crippen LogP contribution in [-0.2, 0) is 0 Å². The second-order valence-corrected chi connectivity index (χ2v) is 6.04. The largest absolute Gasteiger partial charge is 0.295 e. The molecule has 0 aliphatic carbocycles. The number of fused-ring (bicyclic) bond motifs is 1. The van der Waals surface area contributed by atoms with Crippen molar-refractivity contribution in [2.75, 3.05) is 24.6 Å². The monoisotopic (exact) mass is 256 g/mol. The zero-order valence-electron chi connectivity index (χ0n) is 10.7. The first-order valence-electron chi connectivity index (χ1n) is 6.57. The van der Waals surface area contributed by atoms with Crippen molar-refractivity contribution in [3.05, 3.63) is 48.0 Å². The predicted octanol–water partition coefficient (Wildman–Crippen LogP) is 3.75. The third kappa shape index (κ3) is 2.27. The fourth-order valence-electron chi connectivity index (χ4n) is 2.71. The van der Waals surface area contributed by atoms with E-state index in [1.54, 1.807) is 0 Å². The van der Waals surface area contributed by atoms with Gasteiger partial charge < -0.3 is 0 Å². The minimum atomic E-state index is 0.505. The first-order chi connectivity index (χ1) is 8.86. The SMILES string of the molecule is CC(c1cccc2cc[c]cc12)N1CCSCC1. The lowest BCUT2D eigenvalue weighted by Crippen LogP contribution is -2.34. The van der Waals surface area contributed by atoms with Gasteiger partial charge in [0, 0.05) is 30.6 Å². The Kier molecular flexibility index (Phi) is 3.57. The second-order valence-electron chi connectivity index (χ2n) is 4.82. The van der Waals surface area contributed by atoms with Crippen LogP contribution in [-0.4, -0.2) is 29.5 Å². The van der Waals surface area contributed by atoms with Crippen LogP contribution in [0, 0.1) is 6.07 Å². The van der Waals surface area contributed by atoms with Crippen molar-refractivity contribution in [3.8, 4) is 0 Å². The Morgan fingerprint density at radius 2 is 2.06 bits per heavy atom. The van der Waals surface area contributed by atoms with Gasteiger partial charge in [-0.05, 0) is 35.4 Å². The van der Waals surface area contributed by atoms with Crippen molar-refractivity contribution >= 4 is 22.5 Å². The van der Waals surface area contributed by atoms with Gasteiger partial charge in [-0.1, -0.05) is 30.3 Å². The highest BCUT2D eigenvalue weighted by molar-refractivity contribution is 7.99. The van der Waals surface area contributed by atoms with E-state index >= 15 is 0 Å². The summed E-state index contributed by atoms with van der Waals surface area (Å²) in [5.41, 5.74) is 1.44. The molecular weight excluding hydrogens is 238 g/mol. The molecule has 0 amide bonds. The van der Waals surface area contributed by atoms with E-state index in [0.29, 0.717) is 6.04 Å². The van der Waals surface area contributed by atoms with Gasteiger partial charge >= 0.3 is 0 Å². The van der Waals surface area contributed by atoms with Gasteiger partial charge in [0.05, 0.1) is 0 Å². The molecule has 2 aromatic carbocycles. The number of hydrogen-bond acceptors (Lipinski definition) is 2. The Labute approximate surface area is 113 Å². The highest BCUT2D eigenvalue weighted by Gasteiger charge is 2.19. The maximum absolute atomic E-state index is 3.21. The Hall–Kier alpha value is -0.990. The lowest BCUT2D eigenvalue weighted by molar-refractivity contribution is 0.235. The van der Waals surface area contributed by atoms with E-state index in [0.717, 1.165) is 0 Å². The molecular formula is C16H18NS. The van der Waals surface area contributed by atoms with Gasteiger partial charge in [-0.2, -0.15) is 11.8 Å². The summed E-state index contributed by atoms with van der Waals surface area (Å²) in [6.45, 7) is 4.75. The molecule has 1 saturated heterocycles. The summed E-state index contributed by atoms with van der Waals surface area (Å²) in [5, 5.41) is 2.68. The van der Waals surface area contributed by atoms with E-state index in [1.807, 2.05) is 6.07 Å². The van der Waals surface area contributed by atoms with Gasteiger partial charge in [0.1, 0.15) is 0 Å². The lowest BCUT2D eigenvalue weighted by atomic mass is 9.99. The van der Waals surface area contributed by atoms with Crippen molar-refractivity contribution in [3.63, 3.8) is 0 Å². The molecule has 1 fully saturated rings. The number of nitrogens with zero attached hydrogens (tertiary/aromatic N) is 1. The maximum Gasteiger partial charge on any atom is 0.0326 e. The second kappa shape index (κ2) is 5.33. The summed E-state index contributed by atoms with van der Waals surface area (Å²) in [6.07, 6.45) is 0. The van der Waals surface area contributed by atoms with Gasteiger partial charge in [-0.3, -0.25) is 4.90 Å². The molecule has 0 N–H and O–H groups in total. The quantitative estimate of drug-likeness (QED) is 0.805. The number of hydrogen-bond donors (Lipinski definition) is 0. The molecule has 1 aliphatic rings. The molecule has 1 atom stereocenters. The summed E-state index contributed by atoms with van der Waals surface area (Å²) >= 11 is 2.07. The smallest absolute Gasteiger partial charge is 0.0326 e. The predicted molar refractivity (Wildman–Crippen MR) is 80.1 cm³/mol. The molecule has 0 saturated carbocycles. The number of thioether (sulfide) groups is 1. The summed E-state index contributed by atoms with van der Waals surface area (Å²) in [6, 6.07) is 16.6. The van der Waals surface area contributed by atoms with Crippen molar-refractivity contribution in [2.45, 2.75) is 13.0 Å². The van der Waals surface area contributed by atoms with E-state index < -0.39 is 0 Å². The zero-order valence-corrected chi connectivity index (χ0v) is 11.5. The fourth-order valence-corrected chi connectivity index (χ4v) is 3.64. The highest BCUT2D eigenvalue weighted by atomic mass is 32.2. The highest BCUT2D eigenvalue weighted by Crippen LogP contribution is 2.29. The molecule has 3 rings (SSSR count). The Balaban J connectivity index is 1.97. The van der Waals surface area contributed by atoms with E-state index in [4.69, 9.17) is 0 Å². The Morgan fingerprint density at radius 1 is 1.22 bits per heavy atom. The van der Waals surface area contributed by atoms with E-state index in [1.165, 1.54) is 40.9 Å². The normalized spacial score (nSPS) is 18.9. The Morgan fingerprint density at radius 3 is 2.89 bits per heavy atom. The molecule has 1 radical (unpaired) electrons. The van der Waals surface area contributed by atoms with Crippen LogP contribution in [0.1, 0.15) is 18.5 Å². The van der Waals surface area contributed by atoms with Crippen molar-refractivity contribution in [1.29, 1.82) is 0 Å². The van der Waals surface area contributed by atoms with E-state index in [2.05, 4.69) is 60.0 Å². The van der Waals surface area contributed by atoms with Crippen LogP contribution in [0.5, 0.6) is 0 Å². The molecule has 0 aromatic heterocycles. The molecule has 1 nitrogen and oxygen atoms in total. The molecule has 0 bridgehead atoms. The maximum atomic E-state index is 3.21. The molecule has 2 heteroatoms. The molecule has 1 unspecified atom stereocenters. The average Bonchev–Trinajstić information content (AvgIpc) is 2.47.